The summed E-state index contributed by atoms with van der Waals surface area (Å²) in [6, 6.07) is 8.24. The van der Waals surface area contributed by atoms with Crippen LogP contribution < -0.4 is 10.6 Å². The molecule has 1 saturated heterocycles. The average molecular weight is 359 g/mol. The van der Waals surface area contributed by atoms with Gasteiger partial charge in [-0.1, -0.05) is 38.5 Å². The molecule has 0 bridgehead atoms. The van der Waals surface area contributed by atoms with Gasteiger partial charge in [-0.05, 0) is 30.9 Å². The van der Waals surface area contributed by atoms with E-state index in [2.05, 4.69) is 10.6 Å². The number of carbonyl (C=O) groups excluding carboxylic acids is 3. The molecule has 0 saturated carbocycles. The number of likely N-dealkylation sites (tertiary alicyclic amines) is 1. The molecule has 1 aliphatic heterocycles. The molecule has 2 N–H and O–H groups in total. The predicted molar refractivity (Wildman–Crippen MR) is 101 cm³/mol. The van der Waals surface area contributed by atoms with Gasteiger partial charge in [0.05, 0.1) is 0 Å². The van der Waals surface area contributed by atoms with Crippen molar-refractivity contribution in [2.75, 3.05) is 19.6 Å². The van der Waals surface area contributed by atoms with Crippen LogP contribution in [-0.4, -0.2) is 48.3 Å². The maximum Gasteiger partial charge on any atom is 0.251 e. The molecule has 3 amide bonds. The van der Waals surface area contributed by atoms with Crippen LogP contribution in [0.3, 0.4) is 0 Å². The van der Waals surface area contributed by atoms with Gasteiger partial charge in [0, 0.05) is 31.6 Å². The minimum Gasteiger partial charge on any atom is -0.354 e. The lowest BCUT2D eigenvalue weighted by molar-refractivity contribution is -0.130. The molecule has 0 aromatic heterocycles. The summed E-state index contributed by atoms with van der Waals surface area (Å²) in [5.41, 5.74) is 0.526. The van der Waals surface area contributed by atoms with Gasteiger partial charge in [0.2, 0.25) is 11.8 Å². The molecule has 1 fully saturated rings. The van der Waals surface area contributed by atoms with Crippen molar-refractivity contribution in [3.63, 3.8) is 0 Å². The highest BCUT2D eigenvalue weighted by molar-refractivity contribution is 5.97. The third kappa shape index (κ3) is 5.58. The summed E-state index contributed by atoms with van der Waals surface area (Å²) in [6.45, 7) is 5.84. The molecular formula is C20H29N3O3. The summed E-state index contributed by atoms with van der Waals surface area (Å²) in [5.74, 6) is -0.426. The number of hydrogen-bond donors (Lipinski definition) is 2. The van der Waals surface area contributed by atoms with Crippen molar-refractivity contribution in [1.29, 1.82) is 0 Å². The summed E-state index contributed by atoms with van der Waals surface area (Å²) in [4.78, 5) is 38.8. The van der Waals surface area contributed by atoms with Crippen molar-refractivity contribution < 1.29 is 14.4 Å². The third-order valence-corrected chi connectivity index (χ3v) is 4.91. The summed E-state index contributed by atoms with van der Waals surface area (Å²) < 4.78 is 0. The van der Waals surface area contributed by atoms with Crippen molar-refractivity contribution in [2.24, 2.45) is 5.92 Å². The normalized spacial score (nSPS) is 16.0. The van der Waals surface area contributed by atoms with Crippen molar-refractivity contribution in [3.8, 4) is 0 Å². The minimum atomic E-state index is -0.616. The number of hydrogen-bond acceptors (Lipinski definition) is 3. The van der Waals surface area contributed by atoms with E-state index in [-0.39, 0.29) is 23.6 Å². The number of carbonyl (C=O) groups is 3. The van der Waals surface area contributed by atoms with Crippen LogP contribution >= 0.6 is 0 Å². The first kappa shape index (κ1) is 19.9. The Hall–Kier alpha value is -2.37. The molecule has 0 unspecified atom stereocenters. The zero-order valence-corrected chi connectivity index (χ0v) is 15.7. The van der Waals surface area contributed by atoms with Crippen molar-refractivity contribution >= 4 is 17.7 Å². The Morgan fingerprint density at radius 1 is 1.12 bits per heavy atom. The highest BCUT2D eigenvalue weighted by Gasteiger charge is 2.26. The van der Waals surface area contributed by atoms with Gasteiger partial charge in [-0.25, -0.2) is 0 Å². The molecule has 6 nitrogen and oxygen atoms in total. The van der Waals surface area contributed by atoms with E-state index in [0.717, 1.165) is 32.4 Å². The van der Waals surface area contributed by atoms with Crippen LogP contribution in [-0.2, 0) is 9.59 Å². The molecule has 2 rings (SSSR count). The highest BCUT2D eigenvalue weighted by Crippen LogP contribution is 2.11. The molecule has 0 spiro atoms. The predicted octanol–water partition coefficient (Wildman–Crippen LogP) is 1.96. The zero-order valence-electron chi connectivity index (χ0n) is 15.7. The second kappa shape index (κ2) is 9.94. The highest BCUT2D eigenvalue weighted by atomic mass is 16.2. The lowest BCUT2D eigenvalue weighted by atomic mass is 9.97. The van der Waals surface area contributed by atoms with E-state index in [1.807, 2.05) is 24.8 Å². The Bertz CT molecular complexity index is 612. The Balaban J connectivity index is 1.87. The second-order valence-corrected chi connectivity index (χ2v) is 6.83. The van der Waals surface area contributed by atoms with Crippen LogP contribution in [0.1, 0.15) is 49.9 Å². The second-order valence-electron chi connectivity index (χ2n) is 6.83. The fraction of sp³-hybridized carbons (Fsp3) is 0.550. The van der Waals surface area contributed by atoms with Crippen LogP contribution in [0.15, 0.2) is 30.3 Å². The molecule has 1 heterocycles. The van der Waals surface area contributed by atoms with Crippen LogP contribution in [0.2, 0.25) is 0 Å². The number of nitrogens with one attached hydrogen (secondary N) is 2. The van der Waals surface area contributed by atoms with Crippen LogP contribution in [0.5, 0.6) is 0 Å². The summed E-state index contributed by atoms with van der Waals surface area (Å²) in [6.07, 6.45) is 3.17. The molecule has 6 heteroatoms. The first-order chi connectivity index (χ1) is 12.5. The van der Waals surface area contributed by atoms with E-state index >= 15 is 0 Å². The fourth-order valence-corrected chi connectivity index (χ4v) is 3.04. The lowest BCUT2D eigenvalue weighted by Crippen LogP contribution is -2.50. The van der Waals surface area contributed by atoms with Gasteiger partial charge in [-0.2, -0.15) is 0 Å². The summed E-state index contributed by atoms with van der Waals surface area (Å²) >= 11 is 0. The average Bonchev–Trinajstić information content (AvgIpc) is 3.20. The van der Waals surface area contributed by atoms with Gasteiger partial charge in [0.1, 0.15) is 6.04 Å². The first-order valence-electron chi connectivity index (χ1n) is 9.44. The SMILES string of the molecule is CC[C@@H](C)[C@H](NC(=O)c1ccccc1)C(=O)NCCC(=O)N1CCCC1. The van der Waals surface area contributed by atoms with Crippen LogP contribution in [0, 0.1) is 5.92 Å². The molecule has 1 aromatic carbocycles. The Labute approximate surface area is 155 Å². The summed E-state index contributed by atoms with van der Waals surface area (Å²) in [5, 5.41) is 5.64. The van der Waals surface area contributed by atoms with Crippen LogP contribution in [0.4, 0.5) is 0 Å². The lowest BCUT2D eigenvalue weighted by Gasteiger charge is -2.24. The van der Waals surface area contributed by atoms with E-state index in [0.29, 0.717) is 18.5 Å². The number of nitrogens with zero attached hydrogens (tertiary/aromatic N) is 1. The fourth-order valence-electron chi connectivity index (χ4n) is 3.04. The Kier molecular flexibility index (Phi) is 7.63. The molecule has 0 aliphatic carbocycles. The van der Waals surface area contributed by atoms with Crippen LogP contribution in [0.25, 0.3) is 0 Å². The van der Waals surface area contributed by atoms with Gasteiger partial charge in [-0.3, -0.25) is 14.4 Å². The molecular weight excluding hydrogens is 330 g/mol. The van der Waals surface area contributed by atoms with Gasteiger partial charge >= 0.3 is 0 Å². The molecule has 0 radical (unpaired) electrons. The topological polar surface area (TPSA) is 78.5 Å². The number of benzene rings is 1. The largest absolute Gasteiger partial charge is 0.354 e. The Morgan fingerprint density at radius 3 is 2.38 bits per heavy atom. The summed E-state index contributed by atoms with van der Waals surface area (Å²) in [7, 11) is 0. The van der Waals surface area contributed by atoms with Crippen molar-refractivity contribution in [1.82, 2.24) is 15.5 Å². The van der Waals surface area contributed by atoms with Crippen molar-refractivity contribution in [3.05, 3.63) is 35.9 Å². The van der Waals surface area contributed by atoms with E-state index in [1.165, 1.54) is 0 Å². The first-order valence-corrected chi connectivity index (χ1v) is 9.44. The maximum absolute atomic E-state index is 12.6. The molecule has 2 atom stereocenters. The van der Waals surface area contributed by atoms with E-state index in [9.17, 15) is 14.4 Å². The standard InChI is InChI=1S/C20H29N3O3/c1-3-15(2)18(22-19(25)16-9-5-4-6-10-16)20(26)21-12-11-17(24)23-13-7-8-14-23/h4-6,9-10,15,18H,3,7-8,11-14H2,1-2H3,(H,21,26)(H,22,25)/t15-,18+/m1/s1. The Morgan fingerprint density at radius 2 is 1.77 bits per heavy atom. The molecule has 142 valence electrons. The molecule has 1 aromatic rings. The smallest absolute Gasteiger partial charge is 0.251 e. The zero-order chi connectivity index (χ0) is 18.9. The van der Waals surface area contributed by atoms with E-state index in [4.69, 9.17) is 0 Å². The maximum atomic E-state index is 12.6. The molecule has 26 heavy (non-hydrogen) atoms. The van der Waals surface area contributed by atoms with E-state index < -0.39 is 6.04 Å². The number of rotatable bonds is 8. The van der Waals surface area contributed by atoms with Gasteiger partial charge in [0.15, 0.2) is 0 Å². The van der Waals surface area contributed by atoms with Crippen molar-refractivity contribution in [2.45, 2.75) is 45.6 Å². The monoisotopic (exact) mass is 359 g/mol. The van der Waals surface area contributed by atoms with Gasteiger partial charge < -0.3 is 15.5 Å². The van der Waals surface area contributed by atoms with Gasteiger partial charge in [0.25, 0.3) is 5.91 Å². The van der Waals surface area contributed by atoms with Gasteiger partial charge in [-0.15, -0.1) is 0 Å². The molecule has 1 aliphatic rings. The minimum absolute atomic E-state index is 0.00283. The van der Waals surface area contributed by atoms with E-state index in [1.54, 1.807) is 24.3 Å². The third-order valence-electron chi connectivity index (χ3n) is 4.91. The quantitative estimate of drug-likeness (QED) is 0.745. The number of amides is 3.